The Labute approximate surface area is 171 Å². The van der Waals surface area contributed by atoms with Crippen LogP contribution >= 0.6 is 23.2 Å². The standard InChI is InChI=1S/C21H14Cl2N2O3/c1-3-8-25-20(26)15(12(2)16(11-24)21(25)27)10-14-5-7-19(28-14)13-4-6-17(22)18(23)9-13/h3-7,9-10H,1,8H2,2H3/b15-10+. The van der Waals surface area contributed by atoms with Crippen molar-refractivity contribution in [1.82, 2.24) is 4.90 Å². The molecule has 0 bridgehead atoms. The maximum atomic E-state index is 12.7. The van der Waals surface area contributed by atoms with E-state index in [4.69, 9.17) is 27.6 Å². The number of nitrogens with zero attached hydrogens (tertiary/aromatic N) is 2. The fourth-order valence-electron chi connectivity index (χ4n) is 2.80. The predicted octanol–water partition coefficient (Wildman–Crippen LogP) is 5.03. The Hall–Kier alpha value is -3.07. The van der Waals surface area contributed by atoms with Crippen LogP contribution in [0.4, 0.5) is 0 Å². The van der Waals surface area contributed by atoms with E-state index in [1.807, 2.05) is 6.07 Å². The van der Waals surface area contributed by atoms with Gasteiger partial charge in [0.05, 0.1) is 10.0 Å². The quantitative estimate of drug-likeness (QED) is 0.400. The lowest BCUT2D eigenvalue weighted by molar-refractivity contribution is -0.139. The molecule has 0 radical (unpaired) electrons. The molecule has 2 aromatic rings. The van der Waals surface area contributed by atoms with Crippen molar-refractivity contribution in [3.8, 4) is 17.4 Å². The molecule has 0 saturated carbocycles. The molecule has 1 aliphatic heterocycles. The van der Waals surface area contributed by atoms with Crippen molar-refractivity contribution in [2.45, 2.75) is 6.92 Å². The summed E-state index contributed by atoms with van der Waals surface area (Å²) >= 11 is 12.0. The van der Waals surface area contributed by atoms with Gasteiger partial charge in [0.25, 0.3) is 11.8 Å². The van der Waals surface area contributed by atoms with Gasteiger partial charge in [0.15, 0.2) is 0 Å². The Morgan fingerprint density at radius 2 is 1.93 bits per heavy atom. The Balaban J connectivity index is 2.03. The zero-order chi connectivity index (χ0) is 20.4. The van der Waals surface area contributed by atoms with Crippen molar-refractivity contribution in [1.29, 1.82) is 5.26 Å². The molecule has 2 heterocycles. The van der Waals surface area contributed by atoms with Crippen molar-refractivity contribution >= 4 is 41.1 Å². The molecule has 3 rings (SSSR count). The van der Waals surface area contributed by atoms with E-state index in [1.165, 1.54) is 12.2 Å². The third-order valence-corrected chi connectivity index (χ3v) is 4.99. The lowest BCUT2D eigenvalue weighted by Gasteiger charge is -2.26. The van der Waals surface area contributed by atoms with E-state index in [2.05, 4.69) is 6.58 Å². The summed E-state index contributed by atoms with van der Waals surface area (Å²) in [5.74, 6) is -0.198. The molecule has 0 fully saturated rings. The number of hydrogen-bond donors (Lipinski definition) is 0. The van der Waals surface area contributed by atoms with Crippen LogP contribution in [0.15, 0.2) is 64.1 Å². The summed E-state index contributed by atoms with van der Waals surface area (Å²) in [5, 5.41) is 10.2. The van der Waals surface area contributed by atoms with Crippen LogP contribution in [-0.4, -0.2) is 23.3 Å². The minimum absolute atomic E-state index is 0.0140. The van der Waals surface area contributed by atoms with Crippen molar-refractivity contribution in [3.63, 3.8) is 0 Å². The third-order valence-electron chi connectivity index (χ3n) is 4.25. The van der Waals surface area contributed by atoms with E-state index < -0.39 is 11.8 Å². The first-order valence-corrected chi connectivity index (χ1v) is 8.98. The van der Waals surface area contributed by atoms with Gasteiger partial charge in [0.2, 0.25) is 0 Å². The fraction of sp³-hybridized carbons (Fsp3) is 0.0952. The second kappa shape index (κ2) is 7.89. The average Bonchev–Trinajstić information content (AvgIpc) is 3.14. The van der Waals surface area contributed by atoms with Crippen molar-refractivity contribution < 1.29 is 14.0 Å². The molecule has 1 aliphatic rings. The number of rotatable bonds is 4. The summed E-state index contributed by atoms with van der Waals surface area (Å²) < 4.78 is 5.80. The molecule has 0 atom stereocenters. The number of furan rings is 1. The van der Waals surface area contributed by atoms with E-state index in [1.54, 1.807) is 37.3 Å². The summed E-state index contributed by atoms with van der Waals surface area (Å²) in [5.41, 5.74) is 1.17. The number of nitriles is 1. The van der Waals surface area contributed by atoms with Crippen LogP contribution in [0.5, 0.6) is 0 Å². The zero-order valence-corrected chi connectivity index (χ0v) is 16.3. The number of carbonyl (C=O) groups is 2. The smallest absolute Gasteiger partial charge is 0.271 e. The highest BCUT2D eigenvalue weighted by Gasteiger charge is 2.34. The predicted molar refractivity (Wildman–Crippen MR) is 107 cm³/mol. The van der Waals surface area contributed by atoms with Crippen molar-refractivity contribution in [3.05, 3.63) is 75.5 Å². The fourth-order valence-corrected chi connectivity index (χ4v) is 3.10. The number of carbonyl (C=O) groups excluding carboxylic acids is 2. The van der Waals surface area contributed by atoms with Crippen LogP contribution in [0.3, 0.4) is 0 Å². The number of benzene rings is 1. The van der Waals surface area contributed by atoms with E-state index >= 15 is 0 Å². The summed E-state index contributed by atoms with van der Waals surface area (Å²) in [6.45, 7) is 5.13. The summed E-state index contributed by atoms with van der Waals surface area (Å²) in [6, 6.07) is 10.4. The molecule has 140 valence electrons. The van der Waals surface area contributed by atoms with Gasteiger partial charge in [0, 0.05) is 17.7 Å². The van der Waals surface area contributed by atoms with Crippen LogP contribution in [-0.2, 0) is 9.59 Å². The molecule has 2 amide bonds. The summed E-state index contributed by atoms with van der Waals surface area (Å²) in [4.78, 5) is 26.0. The number of imide groups is 1. The highest BCUT2D eigenvalue weighted by Crippen LogP contribution is 2.31. The van der Waals surface area contributed by atoms with Gasteiger partial charge in [-0.25, -0.2) is 0 Å². The molecule has 28 heavy (non-hydrogen) atoms. The van der Waals surface area contributed by atoms with Crippen LogP contribution in [0.1, 0.15) is 12.7 Å². The van der Waals surface area contributed by atoms with E-state index in [-0.39, 0.29) is 17.7 Å². The minimum Gasteiger partial charge on any atom is -0.457 e. The van der Waals surface area contributed by atoms with Gasteiger partial charge in [0.1, 0.15) is 23.2 Å². The minimum atomic E-state index is -0.627. The first kappa shape index (κ1) is 19.7. The normalized spacial score (nSPS) is 15.9. The molecule has 0 aliphatic carbocycles. The van der Waals surface area contributed by atoms with E-state index in [0.717, 1.165) is 10.5 Å². The van der Waals surface area contributed by atoms with Gasteiger partial charge < -0.3 is 4.42 Å². The Morgan fingerprint density at radius 3 is 2.57 bits per heavy atom. The Bertz CT molecular complexity index is 1100. The lowest BCUT2D eigenvalue weighted by atomic mass is 9.94. The van der Waals surface area contributed by atoms with Crippen molar-refractivity contribution in [2.75, 3.05) is 6.54 Å². The van der Waals surface area contributed by atoms with Gasteiger partial charge in [-0.2, -0.15) is 5.26 Å². The van der Waals surface area contributed by atoms with Gasteiger partial charge in [-0.1, -0.05) is 29.3 Å². The van der Waals surface area contributed by atoms with Gasteiger partial charge in [-0.3, -0.25) is 14.5 Å². The molecule has 0 spiro atoms. The molecule has 7 heteroatoms. The van der Waals surface area contributed by atoms with Gasteiger partial charge >= 0.3 is 0 Å². The largest absolute Gasteiger partial charge is 0.457 e. The molecule has 1 aromatic carbocycles. The van der Waals surface area contributed by atoms with Crippen LogP contribution in [0.25, 0.3) is 17.4 Å². The lowest BCUT2D eigenvalue weighted by Crippen LogP contribution is -2.42. The number of amides is 2. The van der Waals surface area contributed by atoms with Crippen LogP contribution < -0.4 is 0 Å². The molecule has 0 saturated heterocycles. The maximum Gasteiger partial charge on any atom is 0.271 e. The van der Waals surface area contributed by atoms with Gasteiger partial charge in [-0.15, -0.1) is 6.58 Å². The van der Waals surface area contributed by atoms with E-state index in [9.17, 15) is 14.9 Å². The molecule has 1 aromatic heterocycles. The van der Waals surface area contributed by atoms with Gasteiger partial charge in [-0.05, 0) is 48.9 Å². The monoisotopic (exact) mass is 412 g/mol. The summed E-state index contributed by atoms with van der Waals surface area (Å²) in [7, 11) is 0. The first-order valence-electron chi connectivity index (χ1n) is 8.22. The van der Waals surface area contributed by atoms with Crippen molar-refractivity contribution in [2.24, 2.45) is 0 Å². The first-order chi connectivity index (χ1) is 13.4. The second-order valence-electron chi connectivity index (χ2n) is 6.01. The molecular weight excluding hydrogens is 399 g/mol. The molecule has 5 nitrogen and oxygen atoms in total. The maximum absolute atomic E-state index is 12.7. The zero-order valence-electron chi connectivity index (χ0n) is 14.8. The molecular formula is C21H14Cl2N2O3. The SMILES string of the molecule is C=CCN1C(=O)C(C#N)=C(C)/C(=C\c2ccc(-c3ccc(Cl)c(Cl)c3)o2)C1=O. The van der Waals surface area contributed by atoms with E-state index in [0.29, 0.717) is 27.1 Å². The number of halogens is 2. The van der Waals surface area contributed by atoms with Crippen LogP contribution in [0.2, 0.25) is 10.0 Å². The Kier molecular flexibility index (Phi) is 5.55. The highest BCUT2D eigenvalue weighted by molar-refractivity contribution is 6.42. The third kappa shape index (κ3) is 3.53. The average molecular weight is 413 g/mol. The topological polar surface area (TPSA) is 74.3 Å². The molecule has 0 unspecified atom stereocenters. The second-order valence-corrected chi connectivity index (χ2v) is 6.82. The Morgan fingerprint density at radius 1 is 1.18 bits per heavy atom. The highest BCUT2D eigenvalue weighted by atomic mass is 35.5. The molecule has 0 N–H and O–H groups in total. The van der Waals surface area contributed by atoms with Crippen LogP contribution in [0, 0.1) is 11.3 Å². The summed E-state index contributed by atoms with van der Waals surface area (Å²) in [6.07, 6.45) is 2.94. The number of hydrogen-bond acceptors (Lipinski definition) is 4.